The van der Waals surface area contributed by atoms with Gasteiger partial charge in [0, 0.05) is 124 Å². The van der Waals surface area contributed by atoms with Gasteiger partial charge in [0.15, 0.2) is 0 Å². The van der Waals surface area contributed by atoms with E-state index in [4.69, 9.17) is 0 Å². The molecule has 0 aromatic carbocycles. The Bertz CT molecular complexity index is 470. The maximum absolute atomic E-state index is 3.44. The van der Waals surface area contributed by atoms with E-state index in [0.717, 1.165) is 39.3 Å². The van der Waals surface area contributed by atoms with Gasteiger partial charge in [-0.25, -0.2) is 8.61 Å². The summed E-state index contributed by atoms with van der Waals surface area (Å²) in [5.41, 5.74) is 1.12. The van der Waals surface area contributed by atoms with Crippen molar-refractivity contribution >= 4 is 121 Å². The van der Waals surface area contributed by atoms with Crippen LogP contribution in [-0.4, -0.2) is 47.9 Å². The Balaban J connectivity index is 4.82. The highest BCUT2D eigenvalue weighted by Gasteiger charge is 2.32. The number of rotatable bonds is 19. The van der Waals surface area contributed by atoms with Crippen LogP contribution in [0.5, 0.6) is 0 Å². The molecule has 0 unspecified atom stereocenters. The van der Waals surface area contributed by atoms with E-state index < -0.39 is 0 Å². The van der Waals surface area contributed by atoms with Crippen molar-refractivity contribution in [1.29, 1.82) is 0 Å². The molecule has 0 heterocycles. The number of halogens is 4. The first-order chi connectivity index (χ1) is 14.6. The van der Waals surface area contributed by atoms with Gasteiger partial charge >= 0.3 is 0 Å². The second-order valence-electron chi connectivity index (χ2n) is 11.7. The molecule has 0 amide bonds. The van der Waals surface area contributed by atoms with Crippen LogP contribution in [0.3, 0.4) is 0 Å². The topological polar surface area (TPSA) is 30.5 Å². The molecule has 0 rings (SSSR count). The molecule has 0 atom stereocenters. The van der Waals surface area contributed by atoms with Crippen molar-refractivity contribution in [2.75, 3.05) is 39.3 Å². The minimum atomic E-state index is 0.272. The predicted octanol–water partition coefficient (Wildman–Crippen LogP) is 9.65. The molecule has 0 saturated heterocycles. The fourth-order valence-corrected chi connectivity index (χ4v) is 9.67. The Labute approximate surface area is 264 Å². The minimum Gasteiger partial charge on any atom is -0.255 e. The lowest BCUT2D eigenvalue weighted by Gasteiger charge is -2.39. The predicted molar refractivity (Wildman–Crippen MR) is 190 cm³/mol. The Kier molecular flexibility index (Phi) is 20.0. The highest BCUT2D eigenvalue weighted by molar-refractivity contribution is 14.2. The van der Waals surface area contributed by atoms with Crippen LogP contribution in [0, 0.1) is 21.7 Å². The van der Waals surface area contributed by atoms with Crippen LogP contribution in [0.15, 0.2) is 0 Å². The summed E-state index contributed by atoms with van der Waals surface area (Å²) in [4.78, 5) is 0. The van der Waals surface area contributed by atoms with Gasteiger partial charge in [0.05, 0.1) is 0 Å². The van der Waals surface area contributed by atoms with Crippen molar-refractivity contribution in [3.63, 3.8) is 0 Å². The summed E-state index contributed by atoms with van der Waals surface area (Å²) in [5.74, 6) is 0. The van der Waals surface area contributed by atoms with E-state index >= 15 is 0 Å². The van der Waals surface area contributed by atoms with Gasteiger partial charge in [0.25, 0.3) is 0 Å². The lowest BCUT2D eigenvalue weighted by Crippen LogP contribution is -2.40. The number of nitrogens with zero attached hydrogens (tertiary/aromatic N) is 2. The SMILES string of the molecule is CC(C)(CNSI)CC(C)(C)CN(CCN(CC(C)(C)CC(C)(C)CNSI)SI)SI. The zero-order chi connectivity index (χ0) is 25.1. The second kappa shape index (κ2) is 17.7. The average Bonchev–Trinajstić information content (AvgIpc) is 2.65. The largest absolute Gasteiger partial charge is 0.255 e. The molecule has 2 N–H and O–H groups in total. The summed E-state index contributed by atoms with van der Waals surface area (Å²) < 4.78 is 12.0. The van der Waals surface area contributed by atoms with Crippen LogP contribution in [0.4, 0.5) is 0 Å². The van der Waals surface area contributed by atoms with Crippen molar-refractivity contribution in [1.82, 2.24) is 18.1 Å². The number of hydrogen-bond acceptors (Lipinski definition) is 8. The molecule has 0 aromatic rings. The molecule has 0 fully saturated rings. The molecule has 0 bridgehead atoms. The van der Waals surface area contributed by atoms with Gasteiger partial charge in [-0.05, 0) is 71.0 Å². The van der Waals surface area contributed by atoms with Crippen LogP contribution in [0.1, 0.15) is 68.2 Å². The van der Waals surface area contributed by atoms with Crippen LogP contribution in [0.25, 0.3) is 0 Å². The van der Waals surface area contributed by atoms with Gasteiger partial charge < -0.3 is 0 Å². The first kappa shape index (κ1) is 36.2. The highest BCUT2D eigenvalue weighted by Crippen LogP contribution is 2.38. The maximum Gasteiger partial charge on any atom is 0.0234 e. The van der Waals surface area contributed by atoms with Crippen LogP contribution >= 0.6 is 121 Å². The molecule has 194 valence electrons. The van der Waals surface area contributed by atoms with Crippen molar-refractivity contribution in [2.45, 2.75) is 68.2 Å². The molecule has 12 heteroatoms. The van der Waals surface area contributed by atoms with Crippen molar-refractivity contribution in [3.05, 3.63) is 0 Å². The molecule has 32 heavy (non-hydrogen) atoms. The number of nitrogens with one attached hydrogen (secondary N) is 2. The number of hydrogen-bond donors (Lipinski definition) is 2. The van der Waals surface area contributed by atoms with Gasteiger partial charge in [-0.2, -0.15) is 0 Å². The van der Waals surface area contributed by atoms with E-state index in [-0.39, 0.29) is 21.7 Å². The molecule has 0 saturated carbocycles. The zero-order valence-corrected chi connectivity index (χ0v) is 32.6. The Hall–Kier alpha value is 4.16. The molecule has 0 aliphatic rings. The van der Waals surface area contributed by atoms with Crippen molar-refractivity contribution in [2.24, 2.45) is 21.7 Å². The van der Waals surface area contributed by atoms with Crippen LogP contribution in [-0.2, 0) is 0 Å². The third-order valence-electron chi connectivity index (χ3n) is 5.13. The highest BCUT2D eigenvalue weighted by atomic mass is 127. The quantitative estimate of drug-likeness (QED) is 0.0979. The van der Waals surface area contributed by atoms with Gasteiger partial charge in [0.2, 0.25) is 0 Å². The fourth-order valence-electron chi connectivity index (χ4n) is 4.73. The molecular formula is C20H42I4N4S4. The molecule has 4 nitrogen and oxygen atoms in total. The van der Waals surface area contributed by atoms with Gasteiger partial charge in [-0.15, -0.1) is 0 Å². The van der Waals surface area contributed by atoms with Gasteiger partial charge in [0.1, 0.15) is 0 Å². The van der Waals surface area contributed by atoms with E-state index in [0.29, 0.717) is 0 Å². The summed E-state index contributed by atoms with van der Waals surface area (Å²) >= 11 is 9.54. The van der Waals surface area contributed by atoms with E-state index in [1.165, 1.54) is 12.8 Å². The maximum atomic E-state index is 3.44. The minimum absolute atomic E-state index is 0.272. The Morgan fingerprint density at radius 2 is 0.875 bits per heavy atom. The molecule has 0 radical (unpaired) electrons. The van der Waals surface area contributed by atoms with Crippen LogP contribution in [0.2, 0.25) is 0 Å². The second-order valence-corrected chi connectivity index (χ2v) is 18.9. The van der Waals surface area contributed by atoms with Gasteiger partial charge in [-0.1, -0.05) is 55.4 Å². The summed E-state index contributed by atoms with van der Waals surface area (Å²) in [6.07, 6.45) is 2.41. The van der Waals surface area contributed by atoms with Crippen molar-refractivity contribution in [3.8, 4) is 0 Å². The fraction of sp³-hybridized carbons (Fsp3) is 1.00. The molecular weight excluding hydrogens is 932 g/mol. The molecule has 0 spiro atoms. The Morgan fingerprint density at radius 1 is 0.562 bits per heavy atom. The van der Waals surface area contributed by atoms with E-state index in [2.05, 4.69) is 158 Å². The van der Waals surface area contributed by atoms with E-state index in [9.17, 15) is 0 Å². The van der Waals surface area contributed by atoms with Crippen molar-refractivity contribution < 1.29 is 0 Å². The molecule has 0 aliphatic heterocycles. The standard InChI is InChI=1S/C20H42I4N4S4/c1-17(2,13-25-29-21)11-19(5,6)15-27(31-23)9-10-28(32-24)16-20(7,8)12-18(3,4)14-26-30-22/h25-26H,9-16H2,1-8H3. The summed E-state index contributed by atoms with van der Waals surface area (Å²) in [6, 6.07) is 0. The van der Waals surface area contributed by atoms with E-state index in [1.54, 1.807) is 18.2 Å². The third-order valence-corrected chi connectivity index (χ3v) is 11.9. The summed E-state index contributed by atoms with van der Waals surface area (Å²) in [5, 5.41) is 0. The van der Waals surface area contributed by atoms with E-state index in [1.807, 2.05) is 18.2 Å². The lowest BCUT2D eigenvalue weighted by molar-refractivity contribution is 0.154. The normalized spacial score (nSPS) is 14.1. The monoisotopic (exact) mass is 974 g/mol. The Morgan fingerprint density at radius 3 is 1.12 bits per heavy atom. The smallest absolute Gasteiger partial charge is 0.0234 e. The lowest BCUT2D eigenvalue weighted by atomic mass is 9.75. The van der Waals surface area contributed by atoms with Crippen LogP contribution < -0.4 is 9.44 Å². The average molecular weight is 974 g/mol. The van der Waals surface area contributed by atoms with Gasteiger partial charge in [-0.3, -0.25) is 9.44 Å². The first-order valence-corrected chi connectivity index (χ1v) is 24.0. The summed E-state index contributed by atoms with van der Waals surface area (Å²) in [6.45, 7) is 25.7. The molecule has 0 aliphatic carbocycles. The third kappa shape index (κ3) is 18.4. The molecule has 0 aromatic heterocycles. The zero-order valence-electron chi connectivity index (χ0n) is 20.7. The first-order valence-electron chi connectivity index (χ1n) is 10.7. The summed E-state index contributed by atoms with van der Waals surface area (Å²) in [7, 11) is 7.10.